The van der Waals surface area contributed by atoms with E-state index in [0.29, 0.717) is 45.9 Å². The third kappa shape index (κ3) is 17.1. The molecule has 3 saturated heterocycles. The van der Waals surface area contributed by atoms with E-state index >= 15 is 0 Å². The number of aliphatic hydroxyl groups excluding tert-OH is 8. The Hall–Kier alpha value is -7.98. The highest BCUT2D eigenvalue weighted by Gasteiger charge is 2.51. The Bertz CT molecular complexity index is 3330. The van der Waals surface area contributed by atoms with Gasteiger partial charge in [-0.05, 0) is 61.7 Å². The lowest BCUT2D eigenvalue weighted by atomic mass is 9.86. The number of hydrogen-bond donors (Lipinski definition) is 14. The van der Waals surface area contributed by atoms with Crippen molar-refractivity contribution in [1.29, 1.82) is 0 Å². The third-order valence-electron chi connectivity index (χ3n) is 15.8. The molecule has 0 aliphatic carbocycles. The number of hydrogen-bond acceptors (Lipinski definition) is 23. The number of amides is 6. The molecule has 0 unspecified atom stereocenters. The first-order valence-electron chi connectivity index (χ1n) is 28.6. The molecule has 3 aliphatic rings. The van der Waals surface area contributed by atoms with Crippen LogP contribution in [0.4, 0.5) is 0 Å². The minimum atomic E-state index is -5.34. The van der Waals surface area contributed by atoms with Crippen molar-refractivity contribution in [3.8, 4) is 39.8 Å². The van der Waals surface area contributed by atoms with Crippen LogP contribution in [0, 0.1) is 17.8 Å². The van der Waals surface area contributed by atoms with E-state index in [4.69, 9.17) is 15.0 Å². The Balaban J connectivity index is 1.22. The van der Waals surface area contributed by atoms with Crippen molar-refractivity contribution in [3.05, 3.63) is 83.9 Å². The molecular weight excluding hydrogens is 1190 g/mol. The molecule has 6 amide bonds. The van der Waals surface area contributed by atoms with E-state index < -0.39 is 211 Å². The second kappa shape index (κ2) is 29.6. The van der Waals surface area contributed by atoms with Gasteiger partial charge in [0.25, 0.3) is 0 Å². The van der Waals surface area contributed by atoms with Crippen molar-refractivity contribution in [2.75, 3.05) is 19.7 Å². The van der Waals surface area contributed by atoms with Crippen molar-refractivity contribution in [1.82, 2.24) is 30.9 Å². The smallest absolute Gasteiger partial charge is 0.446 e. The number of benzene rings is 3. The van der Waals surface area contributed by atoms with Crippen LogP contribution in [-0.2, 0) is 44.0 Å². The number of phenolic OH excluding ortho intramolecular Hbond substituents is 1. The number of unbranched alkanes of at least 4 members (excludes halogenated alkanes) is 2. The lowest BCUT2D eigenvalue weighted by molar-refractivity contribution is -0.150. The van der Waals surface area contributed by atoms with Gasteiger partial charge in [-0.1, -0.05) is 62.2 Å². The van der Waals surface area contributed by atoms with Crippen molar-refractivity contribution >= 4 is 57.4 Å². The van der Waals surface area contributed by atoms with Crippen molar-refractivity contribution in [2.24, 2.45) is 23.5 Å². The van der Waals surface area contributed by atoms with E-state index in [1.165, 1.54) is 31.2 Å². The van der Waals surface area contributed by atoms with Crippen molar-refractivity contribution in [3.63, 3.8) is 0 Å². The summed E-state index contributed by atoms with van der Waals surface area (Å²) in [5.41, 5.74) is 6.42. The number of aliphatic hydroxyl groups is 8. The van der Waals surface area contributed by atoms with Gasteiger partial charge in [-0.25, -0.2) is 0 Å². The minimum Gasteiger partial charge on any atom is -0.504 e. The number of fused-ring (bicyclic) bond motifs is 2. The fourth-order valence-electron chi connectivity index (χ4n) is 10.9. The molecule has 0 bridgehead atoms. The summed E-state index contributed by atoms with van der Waals surface area (Å²) in [6.07, 6.45) is -18.6. The molecular formula is C58H73N7O23S. The maximum atomic E-state index is 14.7. The minimum absolute atomic E-state index is 0.0114. The van der Waals surface area contributed by atoms with Gasteiger partial charge >= 0.3 is 10.4 Å². The van der Waals surface area contributed by atoms with Gasteiger partial charge in [0.05, 0.1) is 61.6 Å². The summed E-state index contributed by atoms with van der Waals surface area (Å²) >= 11 is 0. The average Bonchev–Trinajstić information content (AvgIpc) is 2.76. The topological polar surface area (TPSA) is 486 Å². The number of carbonyl (C=O) groups excluding carboxylic acids is 8. The van der Waals surface area contributed by atoms with Crippen LogP contribution in [0.1, 0.15) is 94.2 Å². The number of nitrogens with one attached hydrogen (secondary N) is 3. The summed E-state index contributed by atoms with van der Waals surface area (Å²) in [7, 11) is -5.34. The second-order valence-corrected chi connectivity index (χ2v) is 23.5. The summed E-state index contributed by atoms with van der Waals surface area (Å²) < 4.78 is 48.2. The molecule has 7 rings (SSSR count). The number of phenols is 1. The SMILES string of the molecule is CCCCCOc1ccc(-c2cc(-c3ccc(C(=O)C[C@H]4C[C@@H](O)[C@@H](O)NC(=O)[C@@H]5[C@@H](O)[C@@H](C)CN5C(=O)[C@H]([C@H](O)CC(N)=O)NC(=O)[C@H]([C@H](O)[C@@H](O)c5ccc(O)c(OS(=O)(=O)O)c5)CC(=O)[C@@H]5C[C@@H](O)CN5C(=O)[C@H]([C@@H](C)O)NC4=O)cc3)no2)cc1. The number of nitrogens with two attached hydrogens (primary N) is 1. The Morgan fingerprint density at radius 3 is 2.10 bits per heavy atom. The van der Waals surface area contributed by atoms with Crippen LogP contribution in [0.25, 0.3) is 22.6 Å². The summed E-state index contributed by atoms with van der Waals surface area (Å²) in [5.74, 6) is -16.0. The summed E-state index contributed by atoms with van der Waals surface area (Å²) in [6, 6.07) is 8.77. The number of ketones is 2. The Labute approximate surface area is 509 Å². The van der Waals surface area contributed by atoms with Crippen LogP contribution in [0.15, 0.2) is 77.3 Å². The van der Waals surface area contributed by atoms with E-state index in [2.05, 4.69) is 32.2 Å². The number of nitrogens with zero attached hydrogens (tertiary/aromatic N) is 3. The molecule has 0 saturated carbocycles. The van der Waals surface area contributed by atoms with Gasteiger partial charge in [0.15, 0.2) is 35.1 Å². The highest BCUT2D eigenvalue weighted by Crippen LogP contribution is 2.36. The summed E-state index contributed by atoms with van der Waals surface area (Å²) in [6.45, 7) is 3.88. The van der Waals surface area contributed by atoms with E-state index in [9.17, 15) is 97.3 Å². The van der Waals surface area contributed by atoms with Crippen LogP contribution < -0.4 is 30.6 Å². The zero-order valence-electron chi connectivity index (χ0n) is 48.5. The van der Waals surface area contributed by atoms with Gasteiger partial charge in [0.1, 0.15) is 35.7 Å². The monoisotopic (exact) mass is 1270 g/mol. The number of aromatic hydroxyl groups is 1. The first-order chi connectivity index (χ1) is 42.0. The predicted octanol–water partition coefficient (Wildman–Crippen LogP) is -1.72. The van der Waals surface area contributed by atoms with E-state index in [1.54, 1.807) is 30.3 Å². The molecule has 0 radical (unpaired) electrons. The molecule has 3 aliphatic heterocycles. The molecule has 3 aromatic carbocycles. The van der Waals surface area contributed by atoms with Gasteiger partial charge in [-0.15, -0.1) is 0 Å². The molecule has 4 aromatic rings. The molecule has 15 N–H and O–H groups in total. The van der Waals surface area contributed by atoms with Crippen molar-refractivity contribution < 1.29 is 111 Å². The number of rotatable bonds is 19. The van der Waals surface area contributed by atoms with E-state index in [1.807, 2.05) is 0 Å². The van der Waals surface area contributed by atoms with Crippen LogP contribution in [0.5, 0.6) is 17.2 Å². The Morgan fingerprint density at radius 1 is 0.809 bits per heavy atom. The standard InChI is InChI=1S/C58H73N7O23S/c1-4-5-6-17-86-35-14-11-31(12-15-35)44-23-37(63-87-44)29-7-9-30(10-8-29)40(69)18-33-19-43(72)55(79)62-56(80)49-50(74)27(2)25-65(49)58(82)48(42(71)24-46(59)73)61-54(78)36(52(76)51(75)32-13-16-39(68)45(20-32)88-89(83,84)85)22-41(70)38-21-34(67)26-64(38)57(81)47(28(3)66)60-53(33)77/h7-16,20,23,27-28,33-34,36,38,42-43,47-52,55,66-68,71-72,74-76,79H,4-6,17-19,21-22,24-26H2,1-3H3,(H2,59,73)(H,60,77)(H,61,78)(H,62,80)(H,83,84,85)/t27-,28+,33-,34+,36-,38-,42+,43+,47-,48-,49-,50-,51-,52-,55+/m0/s1. The lowest BCUT2D eigenvalue weighted by Gasteiger charge is -2.34. The molecule has 15 atom stereocenters. The maximum Gasteiger partial charge on any atom is 0.446 e. The Morgan fingerprint density at radius 2 is 1.46 bits per heavy atom. The fourth-order valence-corrected chi connectivity index (χ4v) is 11.2. The van der Waals surface area contributed by atoms with Gasteiger partial charge in [-0.2, -0.15) is 8.42 Å². The first-order valence-corrected chi connectivity index (χ1v) is 29.9. The molecule has 1 aromatic heterocycles. The van der Waals surface area contributed by atoms with Crippen LogP contribution in [0.3, 0.4) is 0 Å². The van der Waals surface area contributed by atoms with Gasteiger partial charge in [0.2, 0.25) is 35.4 Å². The molecule has 30 nitrogen and oxygen atoms in total. The molecule has 484 valence electrons. The zero-order valence-corrected chi connectivity index (χ0v) is 49.3. The highest BCUT2D eigenvalue weighted by atomic mass is 32.3. The molecule has 89 heavy (non-hydrogen) atoms. The van der Waals surface area contributed by atoms with Crippen LogP contribution in [-0.4, -0.2) is 208 Å². The second-order valence-electron chi connectivity index (χ2n) is 22.5. The van der Waals surface area contributed by atoms with Gasteiger partial charge in [-0.3, -0.25) is 42.9 Å². The largest absolute Gasteiger partial charge is 0.504 e. The van der Waals surface area contributed by atoms with Gasteiger partial charge in [0, 0.05) is 66.9 Å². The average molecular weight is 1270 g/mol. The predicted molar refractivity (Wildman–Crippen MR) is 306 cm³/mol. The normalized spacial score (nSPS) is 26.6. The molecule has 0 spiro atoms. The number of Topliss-reactive ketones (excluding diaryl/α,β-unsaturated/α-hetero) is 2. The Kier molecular flexibility index (Phi) is 22.8. The van der Waals surface area contributed by atoms with Crippen LogP contribution in [0.2, 0.25) is 0 Å². The number of primary amides is 1. The van der Waals surface area contributed by atoms with E-state index in [0.717, 1.165) is 43.2 Å². The van der Waals surface area contributed by atoms with Crippen LogP contribution >= 0.6 is 0 Å². The first kappa shape index (κ1) is 68.5. The number of ether oxygens (including phenoxy) is 1. The summed E-state index contributed by atoms with van der Waals surface area (Å²) in [5, 5.41) is 112. The third-order valence-corrected chi connectivity index (χ3v) is 16.2. The van der Waals surface area contributed by atoms with E-state index in [-0.39, 0.29) is 5.56 Å². The molecule has 31 heteroatoms. The number of aromatic nitrogens is 1. The summed E-state index contributed by atoms with van der Waals surface area (Å²) in [4.78, 5) is 115. The van der Waals surface area contributed by atoms with Crippen molar-refractivity contribution in [2.45, 2.75) is 145 Å². The highest BCUT2D eigenvalue weighted by molar-refractivity contribution is 7.81. The quantitative estimate of drug-likeness (QED) is 0.0282. The lowest BCUT2D eigenvalue weighted by Crippen LogP contribution is -2.61. The fraction of sp³-hybridized carbons (Fsp3) is 0.500. The van der Waals surface area contributed by atoms with Gasteiger partial charge < -0.3 is 90.9 Å². The molecule has 4 heterocycles. The zero-order chi connectivity index (χ0) is 65.3. The molecule has 3 fully saturated rings. The number of carbonyl (C=O) groups is 8. The maximum absolute atomic E-state index is 14.7.